The van der Waals surface area contributed by atoms with Gasteiger partial charge in [0.2, 0.25) is 0 Å². The minimum atomic E-state index is -0.0375. The van der Waals surface area contributed by atoms with Gasteiger partial charge in [-0.05, 0) is 91.2 Å². The summed E-state index contributed by atoms with van der Waals surface area (Å²) in [5, 5.41) is 0. The predicted molar refractivity (Wildman–Crippen MR) is 209 cm³/mol. The van der Waals surface area contributed by atoms with Gasteiger partial charge in [0, 0.05) is 5.41 Å². The van der Waals surface area contributed by atoms with E-state index in [1.54, 1.807) is 0 Å². The quantitative estimate of drug-likeness (QED) is 0.209. The molecule has 0 aliphatic carbocycles. The Hall–Kier alpha value is -3.38. The lowest BCUT2D eigenvalue weighted by Crippen LogP contribution is -2.27. The molecule has 0 nitrogen and oxygen atoms in total. The Bertz CT molecular complexity index is 1500. The van der Waals surface area contributed by atoms with Crippen molar-refractivity contribution in [3.05, 3.63) is 148 Å². The molecule has 4 rings (SSSR count). The van der Waals surface area contributed by atoms with Gasteiger partial charge in [-0.25, -0.2) is 0 Å². The van der Waals surface area contributed by atoms with E-state index < -0.39 is 0 Å². The lowest BCUT2D eigenvalue weighted by molar-refractivity contribution is 0.283. The van der Waals surface area contributed by atoms with E-state index in [1.807, 2.05) is 0 Å². The Morgan fingerprint density at radius 3 is 1.61 bits per heavy atom. The third kappa shape index (κ3) is 12.1. The first-order valence-corrected chi connectivity index (χ1v) is 16.7. The summed E-state index contributed by atoms with van der Waals surface area (Å²) >= 11 is 0. The van der Waals surface area contributed by atoms with Crippen LogP contribution >= 0.6 is 0 Å². The highest BCUT2D eigenvalue weighted by Gasteiger charge is 2.30. The van der Waals surface area contributed by atoms with E-state index in [-0.39, 0.29) is 18.3 Å². The monoisotopic (exact) mass is 619 g/mol. The van der Waals surface area contributed by atoms with Crippen molar-refractivity contribution in [3.8, 4) is 0 Å². The number of hydrogen-bond donors (Lipinski definition) is 0. The minimum absolute atomic E-state index is 0. The fourth-order valence-electron chi connectivity index (χ4n) is 5.35. The van der Waals surface area contributed by atoms with Crippen LogP contribution in [-0.4, -0.2) is 0 Å². The summed E-state index contributed by atoms with van der Waals surface area (Å²) < 4.78 is 0. The molecule has 0 saturated heterocycles. The van der Waals surface area contributed by atoms with Gasteiger partial charge >= 0.3 is 0 Å². The Morgan fingerprint density at radius 1 is 0.630 bits per heavy atom. The zero-order valence-corrected chi connectivity index (χ0v) is 31.2. The van der Waals surface area contributed by atoms with Crippen LogP contribution in [0.15, 0.2) is 97.6 Å². The van der Waals surface area contributed by atoms with Crippen LogP contribution in [0.2, 0.25) is 0 Å². The summed E-state index contributed by atoms with van der Waals surface area (Å²) in [6.45, 7) is 35.2. The zero-order chi connectivity index (χ0) is 34.2. The first kappa shape index (κ1) is 40.6. The average molecular weight is 619 g/mol. The van der Waals surface area contributed by atoms with Crippen molar-refractivity contribution < 1.29 is 0 Å². The number of benzene rings is 4. The van der Waals surface area contributed by atoms with Crippen molar-refractivity contribution in [3.63, 3.8) is 0 Å². The molecule has 0 aliphatic rings. The molecule has 0 bridgehead atoms. The predicted octanol–water partition coefficient (Wildman–Crippen LogP) is 13.8. The van der Waals surface area contributed by atoms with Crippen LogP contribution in [0, 0.1) is 39.0 Å². The third-order valence-corrected chi connectivity index (χ3v) is 9.18. The molecule has 0 N–H and O–H groups in total. The second-order valence-electron chi connectivity index (χ2n) is 15.8. The second kappa shape index (κ2) is 17.0. The molecule has 0 amide bonds. The molecule has 1 unspecified atom stereocenters. The molecule has 0 aliphatic heterocycles. The molecule has 250 valence electrons. The molecule has 0 radical (unpaired) electrons. The first-order valence-electron chi connectivity index (χ1n) is 16.7. The summed E-state index contributed by atoms with van der Waals surface area (Å²) in [7, 11) is 0. The van der Waals surface area contributed by atoms with Gasteiger partial charge in [0.1, 0.15) is 0 Å². The van der Waals surface area contributed by atoms with Crippen molar-refractivity contribution in [1.82, 2.24) is 0 Å². The van der Waals surface area contributed by atoms with Gasteiger partial charge in [-0.15, -0.1) is 0 Å². The molecule has 0 aromatic heterocycles. The molecule has 0 saturated carbocycles. The van der Waals surface area contributed by atoms with E-state index in [2.05, 4.69) is 195 Å². The average Bonchev–Trinajstić information content (AvgIpc) is 2.92. The third-order valence-electron chi connectivity index (χ3n) is 9.18. The summed E-state index contributed by atoms with van der Waals surface area (Å²) in [5.41, 5.74) is 14.0. The minimum Gasteiger partial charge on any atom is -0.0955 e. The van der Waals surface area contributed by atoms with Gasteiger partial charge in [0.15, 0.2) is 0 Å². The van der Waals surface area contributed by atoms with E-state index in [4.69, 9.17) is 0 Å². The van der Waals surface area contributed by atoms with Crippen molar-refractivity contribution in [2.45, 2.75) is 122 Å². The van der Waals surface area contributed by atoms with Crippen LogP contribution < -0.4 is 0 Å². The molecule has 0 fully saturated rings. The van der Waals surface area contributed by atoms with Gasteiger partial charge in [-0.1, -0.05) is 190 Å². The summed E-state index contributed by atoms with van der Waals surface area (Å²) in [6.07, 6.45) is 1.00. The molecular formula is C46H66. The highest BCUT2D eigenvalue weighted by atomic mass is 14.3. The zero-order valence-electron chi connectivity index (χ0n) is 31.2. The maximum atomic E-state index is 3.98. The highest BCUT2D eigenvalue weighted by molar-refractivity contribution is 5.63. The van der Waals surface area contributed by atoms with E-state index in [9.17, 15) is 0 Å². The fraction of sp³-hybridized carbons (Fsp3) is 0.435. The molecular weight excluding hydrogens is 553 g/mol. The van der Waals surface area contributed by atoms with E-state index in [0.717, 1.165) is 17.9 Å². The summed E-state index contributed by atoms with van der Waals surface area (Å²) in [6, 6.07) is 33.3. The van der Waals surface area contributed by atoms with Crippen molar-refractivity contribution in [2.75, 3.05) is 0 Å². The van der Waals surface area contributed by atoms with Crippen LogP contribution in [0.25, 0.3) is 5.57 Å². The maximum Gasteiger partial charge on any atom is 0.0215 e. The van der Waals surface area contributed by atoms with Gasteiger partial charge in [-0.2, -0.15) is 0 Å². The lowest BCUT2D eigenvalue weighted by Gasteiger charge is -2.32. The standard InChI is InChI=1S/C24H26.C14H20.C7H16.CH4/c1-18-9-8-12-22(14-18)24(4,17-21-10-6-5-7-11-21)23-15-19(2)13-20(3)16-23;1-10(2)12-8-7-11(3)13(9-12)14(4,5)6;1-6(2)7(3,4)5;/h5-16H,17H2,1-4H3;7-9H,1H2,2-6H3;6H,1-5H3;1H4. The Kier molecular flexibility index (Phi) is 15.0. The van der Waals surface area contributed by atoms with Gasteiger partial charge in [0.05, 0.1) is 0 Å². The molecule has 4 aromatic carbocycles. The Balaban J connectivity index is 0.000000408. The van der Waals surface area contributed by atoms with Crippen molar-refractivity contribution in [1.29, 1.82) is 0 Å². The van der Waals surface area contributed by atoms with Gasteiger partial charge < -0.3 is 0 Å². The van der Waals surface area contributed by atoms with Crippen molar-refractivity contribution in [2.24, 2.45) is 11.3 Å². The van der Waals surface area contributed by atoms with E-state index in [0.29, 0.717) is 5.41 Å². The number of hydrogen-bond acceptors (Lipinski definition) is 0. The van der Waals surface area contributed by atoms with E-state index >= 15 is 0 Å². The van der Waals surface area contributed by atoms with Crippen molar-refractivity contribution >= 4 is 5.57 Å². The molecule has 0 heterocycles. The van der Waals surface area contributed by atoms with E-state index in [1.165, 1.54) is 50.1 Å². The van der Waals surface area contributed by atoms with Crippen LogP contribution in [0.3, 0.4) is 0 Å². The van der Waals surface area contributed by atoms with Crippen LogP contribution in [0.4, 0.5) is 0 Å². The molecule has 0 heteroatoms. The molecule has 0 spiro atoms. The summed E-state index contributed by atoms with van der Waals surface area (Å²) in [4.78, 5) is 0. The molecule has 46 heavy (non-hydrogen) atoms. The summed E-state index contributed by atoms with van der Waals surface area (Å²) in [5.74, 6) is 0.799. The Labute approximate surface area is 285 Å². The largest absolute Gasteiger partial charge is 0.0955 e. The van der Waals surface area contributed by atoms with Gasteiger partial charge in [0.25, 0.3) is 0 Å². The normalized spacial score (nSPS) is 12.5. The highest BCUT2D eigenvalue weighted by Crippen LogP contribution is 2.37. The first-order chi connectivity index (χ1) is 20.7. The number of allylic oxidation sites excluding steroid dienone is 1. The molecule has 4 aromatic rings. The van der Waals surface area contributed by atoms with Gasteiger partial charge in [-0.3, -0.25) is 0 Å². The van der Waals surface area contributed by atoms with Crippen LogP contribution in [-0.2, 0) is 17.3 Å². The smallest absolute Gasteiger partial charge is 0.0215 e. The van der Waals surface area contributed by atoms with Crippen LogP contribution in [0.5, 0.6) is 0 Å². The Morgan fingerprint density at radius 2 is 1.15 bits per heavy atom. The SMILES string of the molecule is C.C=C(C)c1ccc(C)c(C(C)(C)C)c1.CC(C)C(C)(C)C.Cc1cccc(C(C)(Cc2ccccc2)c2cc(C)cc(C)c2)c1. The molecule has 1 atom stereocenters. The maximum absolute atomic E-state index is 3.98. The number of rotatable bonds is 5. The lowest BCUT2D eigenvalue weighted by atomic mass is 9.71. The number of aryl methyl sites for hydroxylation is 4. The topological polar surface area (TPSA) is 0 Å². The fourth-order valence-corrected chi connectivity index (χ4v) is 5.35. The second-order valence-corrected chi connectivity index (χ2v) is 15.8. The van der Waals surface area contributed by atoms with Crippen LogP contribution in [0.1, 0.15) is 127 Å².